The topological polar surface area (TPSA) is 76.6 Å². The maximum absolute atomic E-state index is 5.37. The van der Waals surface area contributed by atoms with Crippen LogP contribution in [-0.4, -0.2) is 32.0 Å². The number of nitrogens with zero attached hydrogens (tertiary/aromatic N) is 4. The molecule has 0 aliphatic carbocycles. The largest absolute Gasteiger partial charge is 0.479 e. The quantitative estimate of drug-likeness (QED) is 0.545. The van der Waals surface area contributed by atoms with Gasteiger partial charge in [0.2, 0.25) is 5.88 Å². The molecule has 0 saturated carbocycles. The number of ether oxygens (including phenoxy) is 1. The fourth-order valence-electron chi connectivity index (χ4n) is 2.67. The summed E-state index contributed by atoms with van der Waals surface area (Å²) >= 11 is 3.42. The Kier molecular flexibility index (Phi) is 3.70. The van der Waals surface area contributed by atoms with E-state index in [1.165, 1.54) is 6.33 Å². The molecule has 0 fully saturated rings. The summed E-state index contributed by atoms with van der Waals surface area (Å²) in [6.45, 7) is 0. The lowest BCUT2D eigenvalue weighted by Gasteiger charge is -2.04. The predicted molar refractivity (Wildman–Crippen MR) is 94.6 cm³/mol. The molecular weight excluding hydrogens is 370 g/mol. The molecule has 4 aromatic heterocycles. The molecule has 6 nitrogen and oxygen atoms in total. The number of hydrogen-bond acceptors (Lipinski definition) is 5. The lowest BCUT2D eigenvalue weighted by atomic mass is 10.1. The number of H-pyrrole nitrogens is 1. The number of aromatic amines is 1. The summed E-state index contributed by atoms with van der Waals surface area (Å²) in [4.78, 5) is 20.7. The lowest BCUT2D eigenvalue weighted by molar-refractivity contribution is 0.402. The average Bonchev–Trinajstić information content (AvgIpc) is 3.02. The Morgan fingerprint density at radius 1 is 1.04 bits per heavy atom. The van der Waals surface area contributed by atoms with E-state index in [9.17, 15) is 0 Å². The Morgan fingerprint density at radius 3 is 2.71 bits per heavy atom. The van der Waals surface area contributed by atoms with Crippen LogP contribution in [0.3, 0.4) is 0 Å². The minimum Gasteiger partial charge on any atom is -0.479 e. The highest BCUT2D eigenvalue weighted by atomic mass is 79.9. The van der Waals surface area contributed by atoms with E-state index in [4.69, 9.17) is 4.74 Å². The minimum atomic E-state index is 0.497. The summed E-state index contributed by atoms with van der Waals surface area (Å²) in [7, 11) is 1.59. The second kappa shape index (κ2) is 6.01. The summed E-state index contributed by atoms with van der Waals surface area (Å²) in [5, 5.41) is 0. The average molecular weight is 382 g/mol. The number of fused-ring (bicyclic) bond motifs is 1. The summed E-state index contributed by atoms with van der Waals surface area (Å²) in [5.41, 5.74) is 5.10. The molecule has 4 aromatic rings. The van der Waals surface area contributed by atoms with Crippen molar-refractivity contribution in [3.8, 4) is 28.4 Å². The number of aromatic nitrogens is 5. The van der Waals surface area contributed by atoms with Crippen molar-refractivity contribution in [3.05, 3.63) is 53.7 Å². The molecule has 7 heteroatoms. The third-order valence-electron chi connectivity index (χ3n) is 3.68. The molecule has 0 amide bonds. The number of methoxy groups -OCH3 is 1. The van der Waals surface area contributed by atoms with Gasteiger partial charge in [0, 0.05) is 18.0 Å². The van der Waals surface area contributed by atoms with E-state index < -0.39 is 0 Å². The highest BCUT2D eigenvalue weighted by Gasteiger charge is 2.20. The zero-order valence-electron chi connectivity index (χ0n) is 12.7. The van der Waals surface area contributed by atoms with Gasteiger partial charge in [0.25, 0.3) is 0 Å². The third-order valence-corrected chi connectivity index (χ3v) is 4.11. The van der Waals surface area contributed by atoms with Crippen LogP contribution in [0.15, 0.2) is 53.7 Å². The van der Waals surface area contributed by atoms with Gasteiger partial charge in [0.05, 0.1) is 24.1 Å². The Labute approximate surface area is 146 Å². The summed E-state index contributed by atoms with van der Waals surface area (Å²) in [6.07, 6.45) is 5.00. The van der Waals surface area contributed by atoms with Crippen LogP contribution in [0.5, 0.6) is 5.88 Å². The van der Waals surface area contributed by atoms with E-state index in [2.05, 4.69) is 40.8 Å². The van der Waals surface area contributed by atoms with Crippen LogP contribution in [0.2, 0.25) is 0 Å². The lowest BCUT2D eigenvalue weighted by Crippen LogP contribution is -1.90. The number of pyridine rings is 2. The van der Waals surface area contributed by atoms with Gasteiger partial charge < -0.3 is 9.72 Å². The first-order valence-corrected chi connectivity index (χ1v) is 8.01. The molecule has 0 aliphatic heterocycles. The number of nitrogens with one attached hydrogen (secondary N) is 1. The summed E-state index contributed by atoms with van der Waals surface area (Å²) < 4.78 is 6.12. The first kappa shape index (κ1) is 14.8. The smallest absolute Gasteiger partial charge is 0.241 e. The van der Waals surface area contributed by atoms with Gasteiger partial charge in [-0.2, -0.15) is 4.98 Å². The second-order valence-corrected chi connectivity index (χ2v) is 5.88. The van der Waals surface area contributed by atoms with Crippen LogP contribution < -0.4 is 4.74 Å². The SMILES string of the molecule is COc1ncnc2c(-c3ccccn3)c(-c3ccnc(Br)c3)[nH]c12. The fourth-order valence-corrected chi connectivity index (χ4v) is 3.03. The molecular formula is C17H12BrN5O. The van der Waals surface area contributed by atoms with Crippen LogP contribution in [-0.2, 0) is 0 Å². The predicted octanol–water partition coefficient (Wildman–Crippen LogP) is 3.85. The standard InChI is InChI=1S/C17H12BrN5O/c1-24-17-16-15(21-9-22-17)13(11-4-2-3-6-19-11)14(23-16)10-5-7-20-12(18)8-10/h2-9,23H,1H3. The second-order valence-electron chi connectivity index (χ2n) is 5.06. The maximum atomic E-state index is 5.37. The van der Waals surface area contributed by atoms with Gasteiger partial charge >= 0.3 is 0 Å². The Morgan fingerprint density at radius 2 is 1.96 bits per heavy atom. The van der Waals surface area contributed by atoms with Crippen molar-refractivity contribution >= 4 is 27.0 Å². The Hall–Kier alpha value is -2.80. The maximum Gasteiger partial charge on any atom is 0.241 e. The molecule has 0 saturated heterocycles. The van der Waals surface area contributed by atoms with Crippen LogP contribution in [0.25, 0.3) is 33.5 Å². The van der Waals surface area contributed by atoms with Gasteiger partial charge in [-0.3, -0.25) is 4.98 Å². The zero-order valence-corrected chi connectivity index (χ0v) is 14.3. The first-order chi connectivity index (χ1) is 11.8. The van der Waals surface area contributed by atoms with E-state index in [0.717, 1.165) is 38.2 Å². The number of hydrogen-bond donors (Lipinski definition) is 1. The molecule has 24 heavy (non-hydrogen) atoms. The van der Waals surface area contributed by atoms with Crippen molar-refractivity contribution in [2.24, 2.45) is 0 Å². The van der Waals surface area contributed by atoms with Crippen molar-refractivity contribution in [3.63, 3.8) is 0 Å². The molecule has 118 valence electrons. The van der Waals surface area contributed by atoms with Crippen molar-refractivity contribution in [1.29, 1.82) is 0 Å². The Balaban J connectivity index is 2.09. The van der Waals surface area contributed by atoms with E-state index in [1.54, 1.807) is 19.5 Å². The zero-order chi connectivity index (χ0) is 16.5. The normalized spacial score (nSPS) is 10.9. The van der Waals surface area contributed by atoms with Crippen LogP contribution >= 0.6 is 15.9 Å². The van der Waals surface area contributed by atoms with Crippen LogP contribution in [0, 0.1) is 0 Å². The van der Waals surface area contributed by atoms with Gasteiger partial charge in [-0.25, -0.2) is 9.97 Å². The summed E-state index contributed by atoms with van der Waals surface area (Å²) in [6, 6.07) is 9.66. The molecule has 0 radical (unpaired) electrons. The number of rotatable bonds is 3. The fraction of sp³-hybridized carbons (Fsp3) is 0.0588. The van der Waals surface area contributed by atoms with E-state index in [-0.39, 0.29) is 0 Å². The number of halogens is 1. The van der Waals surface area contributed by atoms with Gasteiger partial charge in [-0.15, -0.1) is 0 Å². The van der Waals surface area contributed by atoms with E-state index in [1.807, 2.05) is 30.3 Å². The molecule has 0 atom stereocenters. The Bertz CT molecular complexity index is 1020. The van der Waals surface area contributed by atoms with E-state index in [0.29, 0.717) is 5.88 Å². The van der Waals surface area contributed by atoms with Crippen molar-refractivity contribution < 1.29 is 4.74 Å². The molecule has 0 spiro atoms. The highest BCUT2D eigenvalue weighted by molar-refractivity contribution is 9.10. The monoisotopic (exact) mass is 381 g/mol. The van der Waals surface area contributed by atoms with Crippen molar-refractivity contribution in [2.45, 2.75) is 0 Å². The molecule has 0 aliphatic rings. The van der Waals surface area contributed by atoms with Crippen LogP contribution in [0.1, 0.15) is 0 Å². The minimum absolute atomic E-state index is 0.497. The van der Waals surface area contributed by atoms with Crippen molar-refractivity contribution in [2.75, 3.05) is 7.11 Å². The van der Waals surface area contributed by atoms with Crippen LogP contribution in [0.4, 0.5) is 0 Å². The third kappa shape index (κ3) is 2.43. The molecule has 0 bridgehead atoms. The van der Waals surface area contributed by atoms with Gasteiger partial charge in [-0.1, -0.05) is 6.07 Å². The van der Waals surface area contributed by atoms with Gasteiger partial charge in [0.1, 0.15) is 22.0 Å². The molecule has 0 unspecified atom stereocenters. The van der Waals surface area contributed by atoms with E-state index >= 15 is 0 Å². The van der Waals surface area contributed by atoms with Crippen molar-refractivity contribution in [1.82, 2.24) is 24.9 Å². The highest BCUT2D eigenvalue weighted by Crippen LogP contribution is 2.38. The molecule has 1 N–H and O–H groups in total. The van der Waals surface area contributed by atoms with Gasteiger partial charge in [-0.05, 0) is 40.2 Å². The first-order valence-electron chi connectivity index (χ1n) is 7.22. The summed E-state index contributed by atoms with van der Waals surface area (Å²) in [5.74, 6) is 0.497. The molecule has 4 heterocycles. The molecule has 0 aromatic carbocycles. The van der Waals surface area contributed by atoms with Gasteiger partial charge in [0.15, 0.2) is 0 Å². The molecule has 4 rings (SSSR count).